The fourth-order valence-electron chi connectivity index (χ4n) is 1.39. The molecule has 0 saturated heterocycles. The topological polar surface area (TPSA) is 57.5 Å². The van der Waals surface area contributed by atoms with Crippen LogP contribution in [-0.4, -0.2) is 16.3 Å². The standard InChI is InChI=1S/C13H11BrClN3O/c1-8-2-3-12(16-6-8)18-17-7-9-4-10(15)5-11(14)13(9)19/h2-7,19H,1H3,(H,16,18)/b17-7+. The van der Waals surface area contributed by atoms with Gasteiger partial charge in [0, 0.05) is 16.8 Å². The smallest absolute Gasteiger partial charge is 0.146 e. The molecule has 0 atom stereocenters. The van der Waals surface area contributed by atoms with Gasteiger partial charge >= 0.3 is 0 Å². The molecule has 6 heteroatoms. The van der Waals surface area contributed by atoms with E-state index in [1.165, 1.54) is 6.21 Å². The zero-order valence-electron chi connectivity index (χ0n) is 10.1. The van der Waals surface area contributed by atoms with Gasteiger partial charge < -0.3 is 5.11 Å². The van der Waals surface area contributed by atoms with Crippen molar-refractivity contribution in [1.82, 2.24) is 4.98 Å². The number of nitrogens with one attached hydrogen (secondary N) is 1. The second-order valence-electron chi connectivity index (χ2n) is 3.92. The molecular formula is C13H11BrClN3O. The molecule has 98 valence electrons. The Bertz CT molecular complexity index is 614. The molecule has 0 spiro atoms. The lowest BCUT2D eigenvalue weighted by Gasteiger charge is -2.03. The highest BCUT2D eigenvalue weighted by Gasteiger charge is 2.05. The minimum absolute atomic E-state index is 0.0896. The number of hydrogen-bond donors (Lipinski definition) is 2. The molecule has 1 aromatic heterocycles. The van der Waals surface area contributed by atoms with E-state index in [9.17, 15) is 5.11 Å². The maximum Gasteiger partial charge on any atom is 0.146 e. The van der Waals surface area contributed by atoms with Crippen molar-refractivity contribution in [3.8, 4) is 5.75 Å². The highest BCUT2D eigenvalue weighted by Crippen LogP contribution is 2.30. The fraction of sp³-hybridized carbons (Fsp3) is 0.0769. The number of benzene rings is 1. The van der Waals surface area contributed by atoms with Gasteiger partial charge in [-0.15, -0.1) is 0 Å². The Hall–Kier alpha value is -1.59. The molecule has 2 N–H and O–H groups in total. The summed E-state index contributed by atoms with van der Waals surface area (Å²) in [4.78, 5) is 4.14. The van der Waals surface area contributed by atoms with Crippen molar-refractivity contribution in [3.05, 3.63) is 51.1 Å². The summed E-state index contributed by atoms with van der Waals surface area (Å²) >= 11 is 9.11. The number of hydrogen-bond acceptors (Lipinski definition) is 4. The molecule has 4 nitrogen and oxygen atoms in total. The van der Waals surface area contributed by atoms with Crippen molar-refractivity contribution in [2.75, 3.05) is 5.43 Å². The molecule has 0 aliphatic heterocycles. The number of nitrogens with zero attached hydrogens (tertiary/aromatic N) is 2. The normalized spacial score (nSPS) is 10.9. The van der Waals surface area contributed by atoms with Crippen LogP contribution in [0.4, 0.5) is 5.82 Å². The van der Waals surface area contributed by atoms with Crippen molar-refractivity contribution < 1.29 is 5.11 Å². The van der Waals surface area contributed by atoms with Gasteiger partial charge in [0.05, 0.1) is 10.7 Å². The predicted molar refractivity (Wildman–Crippen MR) is 81.0 cm³/mol. The van der Waals surface area contributed by atoms with Gasteiger partial charge in [0.25, 0.3) is 0 Å². The summed E-state index contributed by atoms with van der Waals surface area (Å²) < 4.78 is 0.523. The molecule has 0 radical (unpaired) electrons. The predicted octanol–water partition coefficient (Wildman–Crippen LogP) is 3.96. The van der Waals surface area contributed by atoms with E-state index in [0.29, 0.717) is 20.9 Å². The zero-order valence-corrected chi connectivity index (χ0v) is 12.4. The van der Waals surface area contributed by atoms with Crippen LogP contribution in [0, 0.1) is 6.92 Å². The molecule has 0 bridgehead atoms. The van der Waals surface area contributed by atoms with Crippen LogP contribution >= 0.6 is 27.5 Å². The van der Waals surface area contributed by atoms with Crippen LogP contribution in [0.3, 0.4) is 0 Å². The molecule has 0 amide bonds. The number of aryl methyl sites for hydroxylation is 1. The van der Waals surface area contributed by atoms with Crippen molar-refractivity contribution in [1.29, 1.82) is 0 Å². The lowest BCUT2D eigenvalue weighted by atomic mass is 10.2. The molecule has 0 saturated carbocycles. The number of hydrazone groups is 1. The Morgan fingerprint density at radius 1 is 1.42 bits per heavy atom. The number of phenols is 1. The Morgan fingerprint density at radius 3 is 2.89 bits per heavy atom. The molecule has 0 aliphatic carbocycles. The summed E-state index contributed by atoms with van der Waals surface area (Å²) in [6.45, 7) is 1.96. The van der Waals surface area contributed by atoms with Gasteiger partial charge in [-0.2, -0.15) is 5.10 Å². The van der Waals surface area contributed by atoms with Crippen LogP contribution in [0.2, 0.25) is 5.02 Å². The Labute approximate surface area is 124 Å². The molecular weight excluding hydrogens is 330 g/mol. The number of aromatic nitrogens is 1. The molecule has 0 aliphatic rings. The quantitative estimate of drug-likeness (QED) is 0.657. The SMILES string of the molecule is Cc1ccc(N/N=C/c2cc(Cl)cc(Br)c2O)nc1. The maximum absolute atomic E-state index is 9.82. The first kappa shape index (κ1) is 13.8. The first-order valence-corrected chi connectivity index (χ1v) is 6.63. The van der Waals surface area contributed by atoms with Crippen LogP contribution in [0.25, 0.3) is 0 Å². The minimum Gasteiger partial charge on any atom is -0.506 e. The van der Waals surface area contributed by atoms with Gasteiger partial charge in [0.2, 0.25) is 0 Å². The van der Waals surface area contributed by atoms with Gasteiger partial charge in [0.15, 0.2) is 0 Å². The number of rotatable bonds is 3. The molecule has 0 unspecified atom stereocenters. The van der Waals surface area contributed by atoms with Gasteiger partial charge in [-0.25, -0.2) is 4.98 Å². The summed E-state index contributed by atoms with van der Waals surface area (Å²) in [5.41, 5.74) is 4.36. The summed E-state index contributed by atoms with van der Waals surface area (Å²) in [5, 5.41) is 14.3. The second kappa shape index (κ2) is 6.04. The summed E-state index contributed by atoms with van der Waals surface area (Å²) in [6.07, 6.45) is 3.22. The largest absolute Gasteiger partial charge is 0.506 e. The summed E-state index contributed by atoms with van der Waals surface area (Å²) in [5.74, 6) is 0.717. The third-order valence-corrected chi connectivity index (χ3v) is 3.17. The fourth-order valence-corrected chi connectivity index (χ4v) is 2.22. The molecule has 1 heterocycles. The third kappa shape index (κ3) is 3.68. The van der Waals surface area contributed by atoms with Crippen LogP contribution in [0.1, 0.15) is 11.1 Å². The van der Waals surface area contributed by atoms with E-state index in [4.69, 9.17) is 11.6 Å². The van der Waals surface area contributed by atoms with Crippen molar-refractivity contribution in [2.24, 2.45) is 5.10 Å². The summed E-state index contributed by atoms with van der Waals surface area (Å²) in [7, 11) is 0. The van der Waals surface area contributed by atoms with E-state index in [1.54, 1.807) is 18.3 Å². The van der Waals surface area contributed by atoms with E-state index < -0.39 is 0 Å². The van der Waals surface area contributed by atoms with Crippen LogP contribution in [0.5, 0.6) is 5.75 Å². The Kier molecular flexibility index (Phi) is 4.39. The number of anilines is 1. The van der Waals surface area contributed by atoms with E-state index in [-0.39, 0.29) is 5.75 Å². The summed E-state index contributed by atoms with van der Waals surface area (Å²) in [6, 6.07) is 6.98. The number of pyridine rings is 1. The molecule has 1 aromatic carbocycles. The maximum atomic E-state index is 9.82. The highest BCUT2D eigenvalue weighted by molar-refractivity contribution is 9.10. The van der Waals surface area contributed by atoms with Gasteiger partial charge in [-0.05, 0) is 46.6 Å². The van der Waals surface area contributed by atoms with Gasteiger partial charge in [-0.3, -0.25) is 5.43 Å². The Balaban J connectivity index is 2.13. The van der Waals surface area contributed by atoms with E-state index in [0.717, 1.165) is 5.56 Å². The van der Waals surface area contributed by atoms with Gasteiger partial charge in [0.1, 0.15) is 11.6 Å². The van der Waals surface area contributed by atoms with Crippen LogP contribution in [0.15, 0.2) is 40.0 Å². The molecule has 2 rings (SSSR count). The van der Waals surface area contributed by atoms with E-state index in [1.807, 2.05) is 19.1 Å². The average Bonchev–Trinajstić information content (AvgIpc) is 2.37. The highest BCUT2D eigenvalue weighted by atomic mass is 79.9. The molecule has 2 aromatic rings. The van der Waals surface area contributed by atoms with Gasteiger partial charge in [-0.1, -0.05) is 17.7 Å². The lowest BCUT2D eigenvalue weighted by molar-refractivity contribution is 0.471. The Morgan fingerprint density at radius 2 is 2.21 bits per heavy atom. The van der Waals surface area contributed by atoms with Crippen LogP contribution in [-0.2, 0) is 0 Å². The number of halogens is 2. The molecule has 0 fully saturated rings. The van der Waals surface area contributed by atoms with E-state index >= 15 is 0 Å². The van der Waals surface area contributed by atoms with Crippen molar-refractivity contribution >= 4 is 39.6 Å². The third-order valence-electron chi connectivity index (χ3n) is 2.35. The zero-order chi connectivity index (χ0) is 13.8. The van der Waals surface area contributed by atoms with Crippen molar-refractivity contribution in [2.45, 2.75) is 6.92 Å². The van der Waals surface area contributed by atoms with Crippen LogP contribution < -0.4 is 5.43 Å². The number of phenolic OH excluding ortho intramolecular Hbond substituents is 1. The monoisotopic (exact) mass is 339 g/mol. The molecule has 19 heavy (non-hydrogen) atoms. The van der Waals surface area contributed by atoms with Crippen molar-refractivity contribution in [3.63, 3.8) is 0 Å². The first-order chi connectivity index (χ1) is 9.06. The lowest BCUT2D eigenvalue weighted by Crippen LogP contribution is -1.94. The minimum atomic E-state index is 0.0896. The number of aromatic hydroxyl groups is 1. The first-order valence-electron chi connectivity index (χ1n) is 5.46. The average molecular weight is 341 g/mol. The van der Waals surface area contributed by atoms with E-state index in [2.05, 4.69) is 31.4 Å². The second-order valence-corrected chi connectivity index (χ2v) is 5.21.